The molecule has 0 radical (unpaired) electrons. The van der Waals surface area contributed by atoms with Gasteiger partial charge in [-0.2, -0.15) is 5.10 Å². The summed E-state index contributed by atoms with van der Waals surface area (Å²) in [4.78, 5) is 37.1. The van der Waals surface area contributed by atoms with Gasteiger partial charge in [-0.05, 0) is 31.0 Å². The van der Waals surface area contributed by atoms with E-state index in [0.717, 1.165) is 23.1 Å². The summed E-state index contributed by atoms with van der Waals surface area (Å²) in [5.41, 5.74) is 1.87. The lowest BCUT2D eigenvalue weighted by Gasteiger charge is -2.12. The molecule has 2 N–H and O–H groups in total. The van der Waals surface area contributed by atoms with Crippen molar-refractivity contribution < 1.29 is 9.59 Å². The summed E-state index contributed by atoms with van der Waals surface area (Å²) in [6, 6.07) is 19.5. The fraction of sp³-hybridized carbons (Fsp3) is 0.182. The van der Waals surface area contributed by atoms with Gasteiger partial charge in [0.1, 0.15) is 6.54 Å². The number of nitrogens with zero attached hydrogens (tertiary/aromatic N) is 2. The summed E-state index contributed by atoms with van der Waals surface area (Å²) < 4.78 is 1.12. The van der Waals surface area contributed by atoms with Crippen molar-refractivity contribution in [1.29, 1.82) is 0 Å². The predicted molar refractivity (Wildman–Crippen MR) is 109 cm³/mol. The van der Waals surface area contributed by atoms with Crippen LogP contribution in [0.4, 0.5) is 5.69 Å². The highest BCUT2D eigenvalue weighted by Gasteiger charge is 2.25. The van der Waals surface area contributed by atoms with E-state index < -0.39 is 5.91 Å². The van der Waals surface area contributed by atoms with Crippen LogP contribution in [0.2, 0.25) is 0 Å². The summed E-state index contributed by atoms with van der Waals surface area (Å²) >= 11 is 0. The average Bonchev–Trinajstić information content (AvgIpc) is 3.54. The van der Waals surface area contributed by atoms with E-state index in [1.54, 1.807) is 30.3 Å². The number of anilines is 1. The zero-order valence-electron chi connectivity index (χ0n) is 15.7. The minimum atomic E-state index is -0.434. The molecule has 7 heteroatoms. The quantitative estimate of drug-likeness (QED) is 0.678. The van der Waals surface area contributed by atoms with Crippen molar-refractivity contribution in [3.63, 3.8) is 0 Å². The Labute approximate surface area is 167 Å². The van der Waals surface area contributed by atoms with Gasteiger partial charge in [0, 0.05) is 17.7 Å². The van der Waals surface area contributed by atoms with Gasteiger partial charge < -0.3 is 10.6 Å². The zero-order chi connectivity index (χ0) is 20.2. The van der Waals surface area contributed by atoms with Gasteiger partial charge in [-0.25, -0.2) is 4.68 Å². The van der Waals surface area contributed by atoms with Gasteiger partial charge in [0.2, 0.25) is 5.91 Å². The largest absolute Gasteiger partial charge is 0.349 e. The van der Waals surface area contributed by atoms with Crippen molar-refractivity contribution in [3.8, 4) is 11.3 Å². The third kappa shape index (κ3) is 4.57. The van der Waals surface area contributed by atoms with Gasteiger partial charge in [-0.1, -0.05) is 42.5 Å². The van der Waals surface area contributed by atoms with E-state index in [4.69, 9.17) is 0 Å². The summed E-state index contributed by atoms with van der Waals surface area (Å²) in [5, 5.41) is 9.92. The molecule has 7 nitrogen and oxygen atoms in total. The van der Waals surface area contributed by atoms with Crippen molar-refractivity contribution in [2.75, 3.05) is 5.32 Å². The van der Waals surface area contributed by atoms with Gasteiger partial charge in [-0.3, -0.25) is 14.4 Å². The van der Waals surface area contributed by atoms with Crippen LogP contribution < -0.4 is 16.2 Å². The molecule has 0 saturated heterocycles. The van der Waals surface area contributed by atoms with Crippen LogP contribution in [0.5, 0.6) is 0 Å². The first kappa shape index (κ1) is 18.6. The van der Waals surface area contributed by atoms with Crippen LogP contribution in [0, 0.1) is 0 Å². The van der Waals surface area contributed by atoms with Gasteiger partial charge in [0.15, 0.2) is 0 Å². The Morgan fingerprint density at radius 3 is 2.45 bits per heavy atom. The lowest BCUT2D eigenvalue weighted by atomic mass is 10.1. The number of carbonyl (C=O) groups is 2. The van der Waals surface area contributed by atoms with Crippen molar-refractivity contribution in [2.24, 2.45) is 0 Å². The van der Waals surface area contributed by atoms with Gasteiger partial charge in [-0.15, -0.1) is 0 Å². The van der Waals surface area contributed by atoms with Crippen LogP contribution in [0.25, 0.3) is 11.3 Å². The van der Waals surface area contributed by atoms with Crippen LogP contribution in [0.1, 0.15) is 23.2 Å². The smallest absolute Gasteiger partial charge is 0.267 e. The van der Waals surface area contributed by atoms with Crippen molar-refractivity contribution >= 4 is 17.5 Å². The van der Waals surface area contributed by atoms with Crippen LogP contribution in [0.3, 0.4) is 0 Å². The molecule has 3 aromatic rings. The molecular formula is C22H20N4O3. The Bertz CT molecular complexity index is 1100. The standard InChI is InChI=1S/C22H20N4O3/c27-20(24-19-9-5-4-8-17(19)22(29)23-16-10-11-16)14-26-21(28)13-12-18(25-26)15-6-2-1-3-7-15/h1-9,12-13,16H,10-11,14H2,(H,23,29)(H,24,27). The molecule has 0 unspecified atom stereocenters. The number of aromatic nitrogens is 2. The first-order valence-corrected chi connectivity index (χ1v) is 9.43. The summed E-state index contributed by atoms with van der Waals surface area (Å²) in [6.07, 6.45) is 1.96. The van der Waals surface area contributed by atoms with E-state index in [1.807, 2.05) is 30.3 Å². The second kappa shape index (κ2) is 8.10. The molecule has 1 aliphatic rings. The van der Waals surface area contributed by atoms with Crippen molar-refractivity contribution in [3.05, 3.63) is 82.6 Å². The fourth-order valence-corrected chi connectivity index (χ4v) is 2.93. The molecule has 1 heterocycles. The lowest BCUT2D eigenvalue weighted by Crippen LogP contribution is -2.30. The summed E-state index contributed by atoms with van der Waals surface area (Å²) in [7, 11) is 0. The molecule has 1 aromatic heterocycles. The monoisotopic (exact) mass is 388 g/mol. The van der Waals surface area contributed by atoms with E-state index in [1.165, 1.54) is 6.07 Å². The third-order valence-electron chi connectivity index (χ3n) is 4.59. The zero-order valence-corrected chi connectivity index (χ0v) is 15.7. The van der Waals surface area contributed by atoms with E-state index in [9.17, 15) is 14.4 Å². The Morgan fingerprint density at radius 1 is 0.966 bits per heavy atom. The fourth-order valence-electron chi connectivity index (χ4n) is 2.93. The maximum Gasteiger partial charge on any atom is 0.267 e. The summed E-state index contributed by atoms with van der Waals surface area (Å²) in [6.45, 7) is -0.252. The van der Waals surface area contributed by atoms with Crippen molar-refractivity contribution in [1.82, 2.24) is 15.1 Å². The molecule has 1 fully saturated rings. The molecule has 29 heavy (non-hydrogen) atoms. The number of benzene rings is 2. The second-order valence-corrected chi connectivity index (χ2v) is 6.92. The first-order chi connectivity index (χ1) is 14.1. The SMILES string of the molecule is O=C(Cn1nc(-c2ccccc2)ccc1=O)Nc1ccccc1C(=O)NC1CC1. The molecule has 1 aliphatic carbocycles. The first-order valence-electron chi connectivity index (χ1n) is 9.43. The van der Waals surface area contributed by atoms with Gasteiger partial charge >= 0.3 is 0 Å². The van der Waals surface area contributed by atoms with E-state index in [0.29, 0.717) is 16.9 Å². The molecule has 2 amide bonds. The van der Waals surface area contributed by atoms with Crippen LogP contribution in [-0.4, -0.2) is 27.6 Å². The minimum absolute atomic E-state index is 0.217. The molecule has 0 spiro atoms. The molecule has 0 aliphatic heterocycles. The maximum absolute atomic E-state index is 12.5. The Balaban J connectivity index is 1.51. The van der Waals surface area contributed by atoms with E-state index in [-0.39, 0.29) is 24.1 Å². The molecule has 4 rings (SSSR count). The van der Waals surface area contributed by atoms with Crippen LogP contribution in [0.15, 0.2) is 71.5 Å². The lowest BCUT2D eigenvalue weighted by molar-refractivity contribution is -0.117. The number of amides is 2. The predicted octanol–water partition coefficient (Wildman–Crippen LogP) is 2.44. The van der Waals surface area contributed by atoms with Crippen LogP contribution in [-0.2, 0) is 11.3 Å². The number of nitrogens with one attached hydrogen (secondary N) is 2. The molecule has 0 atom stereocenters. The molecule has 146 valence electrons. The van der Waals surface area contributed by atoms with Gasteiger partial charge in [0.05, 0.1) is 16.9 Å². The highest BCUT2D eigenvalue weighted by molar-refractivity contribution is 6.03. The highest BCUT2D eigenvalue weighted by Crippen LogP contribution is 2.21. The Morgan fingerprint density at radius 2 is 1.69 bits per heavy atom. The molecule has 0 bridgehead atoms. The second-order valence-electron chi connectivity index (χ2n) is 6.92. The molecule has 1 saturated carbocycles. The number of para-hydroxylation sites is 1. The Hall–Kier alpha value is -3.74. The topological polar surface area (TPSA) is 93.1 Å². The number of rotatable bonds is 6. The highest BCUT2D eigenvalue weighted by atomic mass is 16.2. The molecule has 2 aromatic carbocycles. The number of carbonyl (C=O) groups excluding carboxylic acids is 2. The normalized spacial score (nSPS) is 13.0. The number of hydrogen-bond donors (Lipinski definition) is 2. The maximum atomic E-state index is 12.5. The minimum Gasteiger partial charge on any atom is -0.349 e. The number of hydrogen-bond acceptors (Lipinski definition) is 4. The van der Waals surface area contributed by atoms with E-state index in [2.05, 4.69) is 15.7 Å². The van der Waals surface area contributed by atoms with E-state index >= 15 is 0 Å². The summed E-state index contributed by atoms with van der Waals surface area (Å²) in [5.74, 6) is -0.652. The van der Waals surface area contributed by atoms with Gasteiger partial charge in [0.25, 0.3) is 11.5 Å². The third-order valence-corrected chi connectivity index (χ3v) is 4.59. The Kier molecular flexibility index (Phi) is 5.20. The van der Waals surface area contributed by atoms with Crippen LogP contribution >= 0.6 is 0 Å². The molecular weight excluding hydrogens is 368 g/mol. The average molecular weight is 388 g/mol. The van der Waals surface area contributed by atoms with Crippen molar-refractivity contribution in [2.45, 2.75) is 25.4 Å².